The summed E-state index contributed by atoms with van der Waals surface area (Å²) in [4.78, 5) is 35.0. The molecule has 1 aliphatic rings. The summed E-state index contributed by atoms with van der Waals surface area (Å²) in [6.07, 6.45) is -6.67. The summed E-state index contributed by atoms with van der Waals surface area (Å²) >= 11 is 0. The van der Waals surface area contributed by atoms with E-state index < -0.39 is 67.2 Å². The van der Waals surface area contributed by atoms with Gasteiger partial charge < -0.3 is 40.5 Å². The van der Waals surface area contributed by atoms with Crippen molar-refractivity contribution in [3.05, 3.63) is 0 Å². The van der Waals surface area contributed by atoms with Gasteiger partial charge in [-0.15, -0.1) is 0 Å². The lowest BCUT2D eigenvalue weighted by Gasteiger charge is -2.47. The van der Waals surface area contributed by atoms with Gasteiger partial charge in [0.2, 0.25) is 5.91 Å². The predicted molar refractivity (Wildman–Crippen MR) is 81.3 cm³/mol. The Morgan fingerprint density at radius 3 is 2.20 bits per heavy atom. The van der Waals surface area contributed by atoms with Crippen molar-refractivity contribution in [1.82, 2.24) is 4.90 Å². The second kappa shape index (κ2) is 8.54. The van der Waals surface area contributed by atoms with Crippen molar-refractivity contribution >= 4 is 17.8 Å². The van der Waals surface area contributed by atoms with Crippen molar-refractivity contribution in [3.8, 4) is 0 Å². The predicted octanol–water partition coefficient (Wildman–Crippen LogP) is -2.43. The lowest BCUT2D eigenvalue weighted by Crippen LogP contribution is -2.69. The molecule has 0 radical (unpaired) electrons. The number of rotatable bonds is 7. The summed E-state index contributed by atoms with van der Waals surface area (Å²) in [5.74, 6) is -3.27. The molecule has 1 rings (SSSR count). The Balaban J connectivity index is 3.18. The standard InChI is InChI=1S/C14H24N2O9/c1-5(13(20)21)16(7(3)18)12-9(15)11(24-6(2)14(22)23)10(19)8(4-17)25-12/h5-6,8-12,17,19H,4,15H2,1-3H3,(H,20,21)(H,22,23). The third-order valence-electron chi connectivity index (χ3n) is 4.04. The van der Waals surface area contributed by atoms with E-state index in [2.05, 4.69) is 0 Å². The largest absolute Gasteiger partial charge is 0.480 e. The molecule has 0 bridgehead atoms. The smallest absolute Gasteiger partial charge is 0.332 e. The number of carbonyl (C=O) groups is 3. The monoisotopic (exact) mass is 364 g/mol. The molecule has 0 aromatic rings. The molecule has 0 aromatic heterocycles. The van der Waals surface area contributed by atoms with Crippen molar-refractivity contribution < 1.29 is 44.3 Å². The zero-order valence-corrected chi connectivity index (χ0v) is 14.1. The minimum Gasteiger partial charge on any atom is -0.480 e. The number of carboxylic acid groups (broad SMARTS) is 2. The molecular formula is C14H24N2O9. The van der Waals surface area contributed by atoms with Crippen LogP contribution in [0.15, 0.2) is 0 Å². The number of hydrogen-bond donors (Lipinski definition) is 5. The molecule has 7 atom stereocenters. The Morgan fingerprint density at radius 2 is 1.80 bits per heavy atom. The van der Waals surface area contributed by atoms with E-state index in [1.807, 2.05) is 0 Å². The van der Waals surface area contributed by atoms with Crippen molar-refractivity contribution in [2.24, 2.45) is 5.73 Å². The van der Waals surface area contributed by atoms with E-state index in [0.29, 0.717) is 0 Å². The van der Waals surface area contributed by atoms with E-state index in [1.165, 1.54) is 13.8 Å². The highest BCUT2D eigenvalue weighted by atomic mass is 16.6. The maximum absolute atomic E-state index is 11.9. The molecule has 11 nitrogen and oxygen atoms in total. The first-order valence-electron chi connectivity index (χ1n) is 7.62. The molecule has 1 heterocycles. The Bertz CT molecular complexity index is 515. The SMILES string of the molecule is CC(=O)N(C(C)C(=O)O)C1OC(CO)C(O)C(OC(C)C(=O)O)C1N. The Kier molecular flexibility index (Phi) is 7.26. The topological polar surface area (TPSA) is 180 Å². The molecule has 6 N–H and O–H groups in total. The molecule has 144 valence electrons. The van der Waals surface area contributed by atoms with Crippen molar-refractivity contribution in [2.45, 2.75) is 63.5 Å². The molecule has 25 heavy (non-hydrogen) atoms. The molecule has 7 unspecified atom stereocenters. The lowest BCUT2D eigenvalue weighted by molar-refractivity contribution is -0.246. The van der Waals surface area contributed by atoms with Crippen LogP contribution >= 0.6 is 0 Å². The van der Waals surface area contributed by atoms with Gasteiger partial charge in [0.25, 0.3) is 0 Å². The molecule has 0 aliphatic carbocycles. The first-order valence-corrected chi connectivity index (χ1v) is 7.62. The number of aliphatic hydroxyl groups is 2. The van der Waals surface area contributed by atoms with Gasteiger partial charge in [-0.3, -0.25) is 4.79 Å². The zero-order chi connectivity index (χ0) is 19.5. The van der Waals surface area contributed by atoms with Crippen LogP contribution in [0.25, 0.3) is 0 Å². The van der Waals surface area contributed by atoms with E-state index in [9.17, 15) is 29.7 Å². The molecule has 11 heteroatoms. The van der Waals surface area contributed by atoms with Crippen molar-refractivity contribution in [1.29, 1.82) is 0 Å². The maximum Gasteiger partial charge on any atom is 0.332 e. The van der Waals surface area contributed by atoms with Crippen LogP contribution < -0.4 is 5.73 Å². The van der Waals surface area contributed by atoms with Crippen LogP contribution in [0.2, 0.25) is 0 Å². The average molecular weight is 364 g/mol. The summed E-state index contributed by atoms with van der Waals surface area (Å²) in [5.41, 5.74) is 5.98. The molecule has 1 amide bonds. The van der Waals surface area contributed by atoms with E-state index in [4.69, 9.17) is 20.3 Å². The van der Waals surface area contributed by atoms with E-state index >= 15 is 0 Å². The van der Waals surface area contributed by atoms with Crippen molar-refractivity contribution in [3.63, 3.8) is 0 Å². The average Bonchev–Trinajstić information content (AvgIpc) is 2.52. The lowest BCUT2D eigenvalue weighted by atomic mass is 9.95. The van der Waals surface area contributed by atoms with Crippen LogP contribution in [0.1, 0.15) is 20.8 Å². The Morgan fingerprint density at radius 1 is 1.24 bits per heavy atom. The summed E-state index contributed by atoms with van der Waals surface area (Å²) in [5, 5.41) is 37.7. The molecule has 1 aliphatic heterocycles. The van der Waals surface area contributed by atoms with Gasteiger partial charge in [0.1, 0.15) is 24.4 Å². The second-order valence-electron chi connectivity index (χ2n) is 5.84. The van der Waals surface area contributed by atoms with Gasteiger partial charge >= 0.3 is 11.9 Å². The summed E-state index contributed by atoms with van der Waals surface area (Å²) in [6, 6.07) is -2.55. The fourth-order valence-electron chi connectivity index (χ4n) is 2.61. The van der Waals surface area contributed by atoms with Crippen LogP contribution in [0.4, 0.5) is 0 Å². The molecule has 1 fully saturated rings. The number of aliphatic hydroxyl groups excluding tert-OH is 2. The minimum atomic E-state index is -1.47. The number of carbonyl (C=O) groups excluding carboxylic acids is 1. The molecule has 0 saturated carbocycles. The number of nitrogens with two attached hydrogens (primary N) is 1. The van der Waals surface area contributed by atoms with Gasteiger partial charge in [-0.25, -0.2) is 9.59 Å². The first-order chi connectivity index (χ1) is 11.5. The quantitative estimate of drug-likeness (QED) is 0.326. The number of carboxylic acids is 2. The Hall–Kier alpha value is -1.79. The van der Waals surface area contributed by atoms with Crippen molar-refractivity contribution in [2.75, 3.05) is 6.61 Å². The summed E-state index contributed by atoms with van der Waals surface area (Å²) in [7, 11) is 0. The van der Waals surface area contributed by atoms with Gasteiger partial charge in [0.15, 0.2) is 12.3 Å². The van der Waals surface area contributed by atoms with Crippen LogP contribution in [0, 0.1) is 0 Å². The number of aliphatic carboxylic acids is 2. The van der Waals surface area contributed by atoms with Gasteiger partial charge in [0, 0.05) is 6.92 Å². The first kappa shape index (κ1) is 21.3. The van der Waals surface area contributed by atoms with E-state index in [-0.39, 0.29) is 0 Å². The van der Waals surface area contributed by atoms with Crippen LogP contribution in [0.3, 0.4) is 0 Å². The van der Waals surface area contributed by atoms with Crippen LogP contribution in [-0.2, 0) is 23.9 Å². The fourth-order valence-corrected chi connectivity index (χ4v) is 2.61. The van der Waals surface area contributed by atoms with E-state index in [1.54, 1.807) is 0 Å². The fraction of sp³-hybridized carbons (Fsp3) is 0.786. The molecular weight excluding hydrogens is 340 g/mol. The normalized spacial score (nSPS) is 31.8. The van der Waals surface area contributed by atoms with Crippen LogP contribution in [-0.4, -0.2) is 92.5 Å². The van der Waals surface area contributed by atoms with Gasteiger partial charge in [-0.05, 0) is 13.8 Å². The summed E-state index contributed by atoms with van der Waals surface area (Å²) < 4.78 is 10.7. The second-order valence-corrected chi connectivity index (χ2v) is 5.84. The number of amides is 1. The minimum absolute atomic E-state index is 0.659. The molecule has 0 aromatic carbocycles. The summed E-state index contributed by atoms with van der Waals surface area (Å²) in [6.45, 7) is 2.92. The van der Waals surface area contributed by atoms with Gasteiger partial charge in [-0.1, -0.05) is 0 Å². The maximum atomic E-state index is 11.9. The van der Waals surface area contributed by atoms with Crippen LogP contribution in [0.5, 0.6) is 0 Å². The number of hydrogen-bond acceptors (Lipinski definition) is 8. The van der Waals surface area contributed by atoms with E-state index in [0.717, 1.165) is 11.8 Å². The third-order valence-corrected chi connectivity index (χ3v) is 4.04. The van der Waals surface area contributed by atoms with Gasteiger partial charge in [0.05, 0.1) is 12.6 Å². The highest BCUT2D eigenvalue weighted by Crippen LogP contribution is 2.27. The highest BCUT2D eigenvalue weighted by molar-refractivity contribution is 5.82. The molecule has 1 saturated heterocycles. The number of ether oxygens (including phenoxy) is 2. The molecule has 0 spiro atoms. The van der Waals surface area contributed by atoms with Gasteiger partial charge in [-0.2, -0.15) is 0 Å². The zero-order valence-electron chi connectivity index (χ0n) is 14.1. The Labute approximate surface area is 143 Å². The number of nitrogens with zero attached hydrogens (tertiary/aromatic N) is 1. The third kappa shape index (κ3) is 4.64. The highest BCUT2D eigenvalue weighted by Gasteiger charge is 2.49.